The van der Waals surface area contributed by atoms with Crippen LogP contribution in [0, 0.1) is 6.92 Å². The number of nitrogens with zero attached hydrogens (tertiary/aromatic N) is 3. The van der Waals surface area contributed by atoms with Crippen LogP contribution >= 0.6 is 11.6 Å². The van der Waals surface area contributed by atoms with Gasteiger partial charge in [0.2, 0.25) is 0 Å². The molecule has 0 N–H and O–H groups in total. The summed E-state index contributed by atoms with van der Waals surface area (Å²) >= 11 is 6.49. The lowest BCUT2D eigenvalue weighted by Crippen LogP contribution is -2.36. The Kier molecular flexibility index (Phi) is 4.11. The zero-order valence-corrected chi connectivity index (χ0v) is 18.7. The van der Waals surface area contributed by atoms with E-state index in [1.165, 1.54) is 5.56 Å². The van der Waals surface area contributed by atoms with Gasteiger partial charge in [-0.2, -0.15) is 0 Å². The van der Waals surface area contributed by atoms with Gasteiger partial charge in [-0.15, -0.1) is 0 Å². The maximum atomic E-state index is 13.6. The second kappa shape index (κ2) is 6.81. The van der Waals surface area contributed by atoms with Crippen LogP contribution in [0.15, 0.2) is 73.1 Å². The van der Waals surface area contributed by atoms with Crippen molar-refractivity contribution >= 4 is 17.5 Å². The second-order valence-corrected chi connectivity index (χ2v) is 9.14. The average Bonchev–Trinajstić information content (AvgIpc) is 3.51. The summed E-state index contributed by atoms with van der Waals surface area (Å²) in [6.07, 6.45) is 5.82. The molecule has 3 heterocycles. The van der Waals surface area contributed by atoms with Crippen LogP contribution in [0.1, 0.15) is 34.6 Å². The molecular formula is C27H22ClN3O. The molecule has 0 saturated heterocycles. The molecule has 32 heavy (non-hydrogen) atoms. The third-order valence-electron chi connectivity index (χ3n) is 6.97. The maximum absolute atomic E-state index is 13.6. The number of amides is 1. The highest BCUT2D eigenvalue weighted by Gasteiger charge is 2.53. The molecule has 0 bridgehead atoms. The summed E-state index contributed by atoms with van der Waals surface area (Å²) in [5, 5.41) is 0.674. The Morgan fingerprint density at radius 3 is 2.50 bits per heavy atom. The first-order valence-electron chi connectivity index (χ1n) is 10.8. The van der Waals surface area contributed by atoms with E-state index in [0.717, 1.165) is 46.5 Å². The summed E-state index contributed by atoms with van der Waals surface area (Å²) in [6.45, 7) is 2.03. The lowest BCUT2D eigenvalue weighted by atomic mass is 9.96. The van der Waals surface area contributed by atoms with E-state index in [1.807, 2.05) is 67.7 Å². The molecule has 0 unspecified atom stereocenters. The van der Waals surface area contributed by atoms with Crippen molar-refractivity contribution < 1.29 is 4.79 Å². The number of aromatic nitrogens is 2. The number of pyridine rings is 1. The fraction of sp³-hybridized carbons (Fsp3) is 0.185. The Morgan fingerprint density at radius 2 is 1.75 bits per heavy atom. The van der Waals surface area contributed by atoms with Gasteiger partial charge in [0.15, 0.2) is 0 Å². The number of fused-ring (bicyclic) bond motifs is 4. The molecule has 0 atom stereocenters. The minimum absolute atomic E-state index is 0.0381. The molecule has 1 spiro atoms. The highest BCUT2D eigenvalue weighted by atomic mass is 35.5. The lowest BCUT2D eigenvalue weighted by molar-refractivity contribution is 0.0705. The highest BCUT2D eigenvalue weighted by Crippen LogP contribution is 2.54. The van der Waals surface area contributed by atoms with Gasteiger partial charge in [-0.25, -0.2) is 0 Å². The van der Waals surface area contributed by atoms with Crippen molar-refractivity contribution in [3.8, 4) is 27.9 Å². The summed E-state index contributed by atoms with van der Waals surface area (Å²) < 4.78 is 2.05. The topological polar surface area (TPSA) is 38.1 Å². The SMILES string of the molecule is Cc1ncccc1-c1ccc2c(c1)-n1cc(-c3ccccc3Cl)cc1C(=O)N(C)C21CC1. The van der Waals surface area contributed by atoms with Gasteiger partial charge in [-0.3, -0.25) is 9.78 Å². The van der Waals surface area contributed by atoms with E-state index in [2.05, 4.69) is 33.8 Å². The largest absolute Gasteiger partial charge is 0.331 e. The standard InChI is InChI=1S/C27H22ClN3O/c1-17-20(7-5-13-29-17)18-9-10-22-24(14-18)31-16-19(21-6-3-4-8-23(21)28)15-25(31)26(32)30(2)27(22)11-12-27/h3-10,13-16H,11-12H2,1-2H3. The monoisotopic (exact) mass is 439 g/mol. The molecule has 1 amide bonds. The Balaban J connectivity index is 1.61. The normalized spacial score (nSPS) is 16.0. The lowest BCUT2D eigenvalue weighted by Gasteiger charge is -2.27. The Morgan fingerprint density at radius 1 is 0.969 bits per heavy atom. The molecule has 2 aliphatic rings. The minimum Gasteiger partial charge on any atom is -0.331 e. The van der Waals surface area contributed by atoms with Crippen molar-refractivity contribution in [1.82, 2.24) is 14.5 Å². The fourth-order valence-corrected chi connectivity index (χ4v) is 5.27. The highest BCUT2D eigenvalue weighted by molar-refractivity contribution is 6.33. The summed E-state index contributed by atoms with van der Waals surface area (Å²) in [5.74, 6) is 0.0381. The van der Waals surface area contributed by atoms with Gasteiger partial charge in [0.1, 0.15) is 5.69 Å². The van der Waals surface area contributed by atoms with Crippen molar-refractivity contribution in [3.05, 3.63) is 95.0 Å². The molecule has 1 fully saturated rings. The van der Waals surface area contributed by atoms with Crippen LogP contribution in [0.25, 0.3) is 27.9 Å². The van der Waals surface area contributed by atoms with Crippen LogP contribution < -0.4 is 0 Å². The average molecular weight is 440 g/mol. The quantitative estimate of drug-likeness (QED) is 0.370. The Labute approximate surface area is 192 Å². The van der Waals surface area contributed by atoms with E-state index in [0.29, 0.717) is 10.7 Å². The second-order valence-electron chi connectivity index (χ2n) is 8.73. The minimum atomic E-state index is -0.224. The molecule has 1 aliphatic carbocycles. The van der Waals surface area contributed by atoms with Crippen molar-refractivity contribution in [2.24, 2.45) is 0 Å². The Bertz CT molecular complexity index is 1400. The first kappa shape index (κ1) is 19.3. The van der Waals surface area contributed by atoms with Crippen LogP contribution in [0.2, 0.25) is 5.02 Å². The molecule has 2 aromatic heterocycles. The molecule has 5 heteroatoms. The summed E-state index contributed by atoms with van der Waals surface area (Å²) in [6, 6.07) is 20.3. The number of hydrogen-bond acceptors (Lipinski definition) is 2. The van der Waals surface area contributed by atoms with Crippen molar-refractivity contribution in [1.29, 1.82) is 0 Å². The zero-order valence-electron chi connectivity index (χ0n) is 18.0. The van der Waals surface area contributed by atoms with E-state index >= 15 is 0 Å². The van der Waals surface area contributed by atoms with Gasteiger partial charge in [0, 0.05) is 52.4 Å². The third kappa shape index (κ3) is 2.69. The molecule has 1 aliphatic heterocycles. The van der Waals surface area contributed by atoms with Crippen LogP contribution in [-0.4, -0.2) is 27.4 Å². The number of aryl methyl sites for hydroxylation is 1. The van der Waals surface area contributed by atoms with Gasteiger partial charge in [0.05, 0.1) is 11.2 Å². The van der Waals surface area contributed by atoms with E-state index in [1.54, 1.807) is 0 Å². The van der Waals surface area contributed by atoms with Gasteiger partial charge in [0.25, 0.3) is 5.91 Å². The Hall–Kier alpha value is -3.37. The number of hydrogen-bond donors (Lipinski definition) is 0. The summed E-state index contributed by atoms with van der Waals surface area (Å²) in [7, 11) is 1.93. The van der Waals surface area contributed by atoms with Crippen molar-refractivity contribution in [2.75, 3.05) is 7.05 Å². The summed E-state index contributed by atoms with van der Waals surface area (Å²) in [4.78, 5) is 20.0. The predicted molar refractivity (Wildman–Crippen MR) is 127 cm³/mol. The number of rotatable bonds is 2. The van der Waals surface area contributed by atoms with Crippen molar-refractivity contribution in [3.63, 3.8) is 0 Å². The molecular weight excluding hydrogens is 418 g/mol. The number of carbonyl (C=O) groups is 1. The van der Waals surface area contributed by atoms with Crippen molar-refractivity contribution in [2.45, 2.75) is 25.3 Å². The molecule has 4 nitrogen and oxygen atoms in total. The third-order valence-corrected chi connectivity index (χ3v) is 7.30. The van der Waals surface area contributed by atoms with Gasteiger partial charge in [-0.1, -0.05) is 48.0 Å². The van der Waals surface area contributed by atoms with Gasteiger partial charge >= 0.3 is 0 Å². The summed E-state index contributed by atoms with van der Waals surface area (Å²) in [5.41, 5.74) is 7.73. The van der Waals surface area contributed by atoms with Crippen LogP contribution in [-0.2, 0) is 5.54 Å². The van der Waals surface area contributed by atoms with E-state index in [9.17, 15) is 4.79 Å². The molecule has 2 aromatic carbocycles. The molecule has 0 radical (unpaired) electrons. The molecule has 1 saturated carbocycles. The van der Waals surface area contributed by atoms with E-state index in [-0.39, 0.29) is 11.4 Å². The van der Waals surface area contributed by atoms with Gasteiger partial charge in [-0.05, 0) is 49.6 Å². The van der Waals surface area contributed by atoms with Crippen LogP contribution in [0.5, 0.6) is 0 Å². The van der Waals surface area contributed by atoms with E-state index < -0.39 is 0 Å². The number of benzene rings is 2. The number of halogens is 1. The molecule has 4 aromatic rings. The van der Waals surface area contributed by atoms with Gasteiger partial charge < -0.3 is 9.47 Å². The van der Waals surface area contributed by atoms with Crippen LogP contribution in [0.4, 0.5) is 0 Å². The van der Waals surface area contributed by atoms with Crippen LogP contribution in [0.3, 0.4) is 0 Å². The smallest absolute Gasteiger partial charge is 0.271 e. The maximum Gasteiger partial charge on any atom is 0.271 e. The van der Waals surface area contributed by atoms with E-state index in [4.69, 9.17) is 11.6 Å². The fourth-order valence-electron chi connectivity index (χ4n) is 5.02. The predicted octanol–water partition coefficient (Wildman–Crippen LogP) is 6.24. The first-order chi connectivity index (χ1) is 15.5. The zero-order chi connectivity index (χ0) is 22.0. The first-order valence-corrected chi connectivity index (χ1v) is 11.2. The number of carbonyl (C=O) groups excluding carboxylic acids is 1. The molecule has 6 rings (SSSR count). The molecule has 158 valence electrons.